The SMILES string of the molecule is Cc1c(-c2cc(C(=O)O)c3c(O[C@@H](C)c4ccc(S(=O)(=O)C(F)(F)F)cc4)ccc(C)c3n2)oc2ccccc12. The number of nitrogens with zero attached hydrogens (tertiary/aromatic N) is 1. The lowest BCUT2D eigenvalue weighted by molar-refractivity contribution is -0.0436. The van der Waals surface area contributed by atoms with Gasteiger partial charge in [-0.25, -0.2) is 18.2 Å². The van der Waals surface area contributed by atoms with Crippen LogP contribution >= 0.6 is 0 Å². The van der Waals surface area contributed by atoms with E-state index in [1.54, 1.807) is 26.0 Å². The van der Waals surface area contributed by atoms with Crippen LogP contribution in [-0.2, 0) is 9.84 Å². The van der Waals surface area contributed by atoms with Crippen LogP contribution in [-0.4, -0.2) is 30.0 Å². The topological polar surface area (TPSA) is 107 Å². The van der Waals surface area contributed by atoms with E-state index in [4.69, 9.17) is 14.1 Å². The molecular weight excluding hydrogens is 547 g/mol. The van der Waals surface area contributed by atoms with Crippen LogP contribution in [0.1, 0.15) is 40.1 Å². The first-order valence-electron chi connectivity index (χ1n) is 12.0. The van der Waals surface area contributed by atoms with Gasteiger partial charge in [-0.15, -0.1) is 0 Å². The lowest BCUT2D eigenvalue weighted by Crippen LogP contribution is -2.23. The van der Waals surface area contributed by atoms with Crippen LogP contribution in [0.2, 0.25) is 0 Å². The summed E-state index contributed by atoms with van der Waals surface area (Å²) in [5.74, 6) is -0.580. The molecule has 0 saturated carbocycles. The van der Waals surface area contributed by atoms with E-state index in [2.05, 4.69) is 0 Å². The highest BCUT2D eigenvalue weighted by Crippen LogP contribution is 2.38. The number of fused-ring (bicyclic) bond motifs is 2. The lowest BCUT2D eigenvalue weighted by Gasteiger charge is -2.19. The van der Waals surface area contributed by atoms with Gasteiger partial charge in [0.15, 0.2) is 5.76 Å². The van der Waals surface area contributed by atoms with Gasteiger partial charge in [0.1, 0.15) is 23.1 Å². The maximum absolute atomic E-state index is 12.9. The lowest BCUT2D eigenvalue weighted by atomic mass is 10.0. The molecule has 5 aromatic rings. The van der Waals surface area contributed by atoms with Gasteiger partial charge in [-0.2, -0.15) is 13.2 Å². The van der Waals surface area contributed by atoms with Gasteiger partial charge in [0.05, 0.1) is 21.4 Å². The fourth-order valence-corrected chi connectivity index (χ4v) is 5.32. The van der Waals surface area contributed by atoms with Crippen molar-refractivity contribution in [3.05, 3.63) is 89.0 Å². The molecule has 1 N–H and O–H groups in total. The van der Waals surface area contributed by atoms with Crippen molar-refractivity contribution >= 4 is 37.7 Å². The fraction of sp³-hybridized carbons (Fsp3) is 0.172. The molecular formula is C29H22F3NO6S. The van der Waals surface area contributed by atoms with Gasteiger partial charge in [-0.05, 0) is 62.2 Å². The minimum Gasteiger partial charge on any atom is -0.485 e. The standard InChI is InChI=1S/C29H22F3NO6S/c1-15-8-13-24(38-17(3)18-9-11-19(12-10-18)40(36,37)29(30,31)32)25-21(28(34)35)14-22(33-26(15)25)27-16(2)20-6-4-5-7-23(20)39-27/h4-14,17H,1-3H3,(H,34,35)/t17-/m0/s1. The van der Waals surface area contributed by atoms with Crippen LogP contribution in [0.15, 0.2) is 76.0 Å². The molecule has 0 spiro atoms. The number of aromatic nitrogens is 1. The normalized spacial score (nSPS) is 13.1. The molecule has 0 radical (unpaired) electrons. The highest BCUT2D eigenvalue weighted by molar-refractivity contribution is 7.92. The zero-order valence-electron chi connectivity index (χ0n) is 21.4. The summed E-state index contributed by atoms with van der Waals surface area (Å²) < 4.78 is 74.1. The number of furan rings is 1. The van der Waals surface area contributed by atoms with Gasteiger partial charge in [0, 0.05) is 10.9 Å². The molecule has 11 heteroatoms. The number of rotatable bonds is 6. The molecule has 206 valence electrons. The highest BCUT2D eigenvalue weighted by Gasteiger charge is 2.46. The largest absolute Gasteiger partial charge is 0.501 e. The quantitative estimate of drug-likeness (QED) is 0.227. The van der Waals surface area contributed by atoms with Gasteiger partial charge in [0.25, 0.3) is 9.84 Å². The number of ether oxygens (including phenoxy) is 1. The summed E-state index contributed by atoms with van der Waals surface area (Å²) >= 11 is 0. The number of benzene rings is 3. The van der Waals surface area contributed by atoms with E-state index in [9.17, 15) is 31.5 Å². The number of aromatic carboxylic acids is 1. The van der Waals surface area contributed by atoms with Crippen LogP contribution in [0.4, 0.5) is 13.2 Å². The average molecular weight is 570 g/mol. The van der Waals surface area contributed by atoms with E-state index >= 15 is 0 Å². The first-order chi connectivity index (χ1) is 18.8. The summed E-state index contributed by atoms with van der Waals surface area (Å²) in [6.45, 7) is 5.26. The Kier molecular flexibility index (Phi) is 6.57. The molecule has 0 fully saturated rings. The third kappa shape index (κ3) is 4.56. The van der Waals surface area contributed by atoms with E-state index < -0.39 is 32.3 Å². The second-order valence-corrected chi connectivity index (χ2v) is 11.2. The zero-order chi connectivity index (χ0) is 29.0. The summed E-state index contributed by atoms with van der Waals surface area (Å²) in [6.07, 6.45) is -0.771. The van der Waals surface area contributed by atoms with Gasteiger partial charge in [-0.1, -0.05) is 36.4 Å². The molecule has 7 nitrogen and oxygen atoms in total. The number of carboxylic acids is 1. The van der Waals surface area contributed by atoms with Crippen LogP contribution in [0.3, 0.4) is 0 Å². The van der Waals surface area contributed by atoms with Crippen LogP contribution < -0.4 is 4.74 Å². The highest BCUT2D eigenvalue weighted by atomic mass is 32.2. The number of carbonyl (C=O) groups is 1. The Labute approximate surface area is 226 Å². The molecule has 0 aliphatic heterocycles. The second-order valence-electron chi connectivity index (χ2n) is 9.30. The van der Waals surface area contributed by atoms with E-state index in [1.807, 2.05) is 31.2 Å². The molecule has 40 heavy (non-hydrogen) atoms. The Morgan fingerprint density at radius 3 is 2.33 bits per heavy atom. The average Bonchev–Trinajstić information content (AvgIpc) is 3.25. The molecule has 3 aromatic carbocycles. The predicted molar refractivity (Wildman–Crippen MR) is 142 cm³/mol. The number of pyridine rings is 1. The Morgan fingerprint density at radius 2 is 1.70 bits per heavy atom. The van der Waals surface area contributed by atoms with Crippen LogP contribution in [0.5, 0.6) is 5.75 Å². The van der Waals surface area contributed by atoms with Gasteiger partial charge in [0.2, 0.25) is 0 Å². The van der Waals surface area contributed by atoms with Crippen molar-refractivity contribution in [1.82, 2.24) is 4.98 Å². The Hall–Kier alpha value is -4.38. The number of aryl methyl sites for hydroxylation is 2. The molecule has 5 rings (SSSR count). The Morgan fingerprint density at radius 1 is 1.02 bits per heavy atom. The van der Waals surface area contributed by atoms with Crippen molar-refractivity contribution in [2.45, 2.75) is 37.3 Å². The van der Waals surface area contributed by atoms with Gasteiger partial charge >= 0.3 is 11.5 Å². The minimum atomic E-state index is -5.49. The van der Waals surface area contributed by atoms with Gasteiger partial charge < -0.3 is 14.3 Å². The van der Waals surface area contributed by atoms with Crippen molar-refractivity contribution in [3.8, 4) is 17.2 Å². The van der Waals surface area contributed by atoms with E-state index in [0.717, 1.165) is 23.1 Å². The first kappa shape index (κ1) is 27.2. The second kappa shape index (κ2) is 9.67. The zero-order valence-corrected chi connectivity index (χ0v) is 22.2. The summed E-state index contributed by atoms with van der Waals surface area (Å²) in [5, 5.41) is 11.3. The summed E-state index contributed by atoms with van der Waals surface area (Å²) in [7, 11) is -5.49. The number of sulfone groups is 1. The molecule has 0 bridgehead atoms. The van der Waals surface area contributed by atoms with Crippen molar-refractivity contribution in [2.75, 3.05) is 0 Å². The van der Waals surface area contributed by atoms with E-state index in [-0.39, 0.29) is 16.7 Å². The number of hydrogen-bond donors (Lipinski definition) is 1. The minimum absolute atomic E-state index is 0.0719. The maximum Gasteiger partial charge on any atom is 0.501 e. The Bertz CT molecular complexity index is 1890. The third-order valence-electron chi connectivity index (χ3n) is 6.70. The van der Waals surface area contributed by atoms with E-state index in [1.165, 1.54) is 18.2 Å². The summed E-state index contributed by atoms with van der Waals surface area (Å²) in [5.41, 5.74) is -2.24. The molecule has 0 saturated heterocycles. The summed E-state index contributed by atoms with van der Waals surface area (Å²) in [4.78, 5) is 16.3. The number of alkyl halides is 3. The van der Waals surface area contributed by atoms with Crippen molar-refractivity contribution in [3.63, 3.8) is 0 Å². The molecule has 2 aromatic heterocycles. The maximum atomic E-state index is 12.9. The molecule has 2 heterocycles. The molecule has 1 atom stereocenters. The number of halogens is 3. The van der Waals surface area contributed by atoms with E-state index in [0.29, 0.717) is 33.7 Å². The smallest absolute Gasteiger partial charge is 0.485 e. The molecule has 0 aliphatic rings. The van der Waals surface area contributed by atoms with Crippen molar-refractivity contribution < 1.29 is 40.6 Å². The predicted octanol–water partition coefficient (Wildman–Crippen LogP) is 7.40. The van der Waals surface area contributed by atoms with Crippen LogP contribution in [0, 0.1) is 13.8 Å². The number of hydrogen-bond acceptors (Lipinski definition) is 6. The number of carboxylic acid groups (broad SMARTS) is 1. The number of para-hydroxylation sites is 1. The van der Waals surface area contributed by atoms with Crippen LogP contribution in [0.25, 0.3) is 33.3 Å². The molecule has 0 amide bonds. The third-order valence-corrected chi connectivity index (χ3v) is 8.20. The molecule has 0 unspecified atom stereocenters. The fourth-order valence-electron chi connectivity index (χ4n) is 4.55. The Balaban J connectivity index is 1.57. The van der Waals surface area contributed by atoms with Crippen molar-refractivity contribution in [2.24, 2.45) is 0 Å². The summed E-state index contributed by atoms with van der Waals surface area (Å²) in [6, 6.07) is 16.3. The first-order valence-corrected chi connectivity index (χ1v) is 13.5. The molecule has 0 aliphatic carbocycles. The van der Waals surface area contributed by atoms with Crippen molar-refractivity contribution in [1.29, 1.82) is 0 Å². The van der Waals surface area contributed by atoms with Gasteiger partial charge in [-0.3, -0.25) is 0 Å². The monoisotopic (exact) mass is 569 g/mol.